The lowest BCUT2D eigenvalue weighted by molar-refractivity contribution is -0.114. The van der Waals surface area contributed by atoms with Crippen molar-refractivity contribution in [1.82, 2.24) is 5.32 Å². The molecule has 0 aliphatic carbocycles. The summed E-state index contributed by atoms with van der Waals surface area (Å²) in [6.07, 6.45) is 0. The number of hydrogen-bond acceptors (Lipinski definition) is 6. The first-order valence-electron chi connectivity index (χ1n) is 11.6. The van der Waals surface area contributed by atoms with E-state index in [1.54, 1.807) is 26.2 Å². The number of hydrogen-bond donors (Lipinski definition) is 3. The second-order valence-electron chi connectivity index (χ2n) is 8.22. The van der Waals surface area contributed by atoms with Gasteiger partial charge in [-0.3, -0.25) is 9.59 Å². The van der Waals surface area contributed by atoms with Crippen LogP contribution in [0.15, 0.2) is 107 Å². The molecule has 0 bridgehead atoms. The third kappa shape index (κ3) is 6.02. The Kier molecular flexibility index (Phi) is 8.29. The maximum Gasteiger partial charge on any atom is 0.254 e. The first-order valence-corrected chi connectivity index (χ1v) is 12.6. The van der Waals surface area contributed by atoms with Crippen LogP contribution in [0.1, 0.15) is 18.4 Å². The molecule has 1 heterocycles. The van der Waals surface area contributed by atoms with E-state index in [0.717, 1.165) is 5.56 Å². The second-order valence-corrected chi connectivity index (χ2v) is 9.20. The number of methoxy groups -OCH3 is 1. The third-order valence-electron chi connectivity index (χ3n) is 5.79. The minimum atomic E-state index is -0.609. The van der Waals surface area contributed by atoms with E-state index in [1.165, 1.54) is 11.8 Å². The average molecular weight is 511 g/mol. The fraction of sp³-hybridized carbons (Fsp3) is 0.138. The molecule has 3 aromatic rings. The number of ether oxygens (including phenoxy) is 1. The SMILES string of the molecule is COc1ccccc1NC(=O)C1=C(C)NC(SCC(=O)Nc2ccccc2)=C(C#N)[C@H]1c1ccccc1. The Morgan fingerprint density at radius 2 is 1.62 bits per heavy atom. The topological polar surface area (TPSA) is 103 Å². The van der Waals surface area contributed by atoms with Gasteiger partial charge < -0.3 is 20.7 Å². The van der Waals surface area contributed by atoms with Crippen LogP contribution in [0, 0.1) is 11.3 Å². The van der Waals surface area contributed by atoms with E-state index in [0.29, 0.717) is 39.0 Å². The van der Waals surface area contributed by atoms with Gasteiger partial charge in [0.05, 0.1) is 41.1 Å². The van der Waals surface area contributed by atoms with E-state index in [9.17, 15) is 14.9 Å². The largest absolute Gasteiger partial charge is 0.495 e. The number of thioether (sulfide) groups is 1. The molecular formula is C29H26N4O3S. The van der Waals surface area contributed by atoms with Crippen LogP contribution in [0.4, 0.5) is 11.4 Å². The Bertz CT molecular complexity index is 1400. The summed E-state index contributed by atoms with van der Waals surface area (Å²) >= 11 is 1.23. The minimum Gasteiger partial charge on any atom is -0.495 e. The molecule has 0 aromatic heterocycles. The number of allylic oxidation sites excluding steroid dienone is 2. The van der Waals surface area contributed by atoms with Gasteiger partial charge in [0.1, 0.15) is 5.75 Å². The summed E-state index contributed by atoms with van der Waals surface area (Å²) in [5.74, 6) is -0.519. The maximum atomic E-state index is 13.6. The summed E-state index contributed by atoms with van der Waals surface area (Å²) in [4.78, 5) is 26.2. The summed E-state index contributed by atoms with van der Waals surface area (Å²) in [7, 11) is 1.54. The molecule has 1 aliphatic rings. The number of nitrogens with zero attached hydrogens (tertiary/aromatic N) is 1. The molecule has 0 saturated heterocycles. The minimum absolute atomic E-state index is 0.0972. The van der Waals surface area contributed by atoms with Crippen LogP contribution in [-0.2, 0) is 9.59 Å². The van der Waals surface area contributed by atoms with Gasteiger partial charge in [0, 0.05) is 17.0 Å². The van der Waals surface area contributed by atoms with Crippen molar-refractivity contribution in [2.24, 2.45) is 0 Å². The number of para-hydroxylation sites is 3. The molecule has 0 fully saturated rings. The Morgan fingerprint density at radius 3 is 2.30 bits per heavy atom. The van der Waals surface area contributed by atoms with Gasteiger partial charge in [0.2, 0.25) is 5.91 Å². The van der Waals surface area contributed by atoms with Gasteiger partial charge in [-0.15, -0.1) is 0 Å². The highest BCUT2D eigenvalue weighted by atomic mass is 32.2. The zero-order chi connectivity index (χ0) is 26.2. The summed E-state index contributed by atoms with van der Waals surface area (Å²) in [5, 5.41) is 19.8. The molecule has 3 N–H and O–H groups in total. The van der Waals surface area contributed by atoms with Crippen LogP contribution >= 0.6 is 11.8 Å². The number of carbonyl (C=O) groups excluding carboxylic acids is 2. The lowest BCUT2D eigenvalue weighted by Gasteiger charge is -2.30. The summed E-state index contributed by atoms with van der Waals surface area (Å²) in [6, 6.07) is 28.0. The number of dihydropyridines is 1. The number of nitriles is 1. The summed E-state index contributed by atoms with van der Waals surface area (Å²) < 4.78 is 5.38. The van der Waals surface area contributed by atoms with Crippen molar-refractivity contribution in [3.05, 3.63) is 112 Å². The van der Waals surface area contributed by atoms with Gasteiger partial charge in [-0.05, 0) is 36.8 Å². The molecule has 2 amide bonds. The predicted octanol–water partition coefficient (Wildman–Crippen LogP) is 5.40. The Hall–Kier alpha value is -4.48. The van der Waals surface area contributed by atoms with Crippen LogP contribution in [0.3, 0.4) is 0 Å². The quantitative estimate of drug-likeness (QED) is 0.375. The molecule has 0 unspecified atom stereocenters. The lowest BCUT2D eigenvalue weighted by Crippen LogP contribution is -2.31. The van der Waals surface area contributed by atoms with Crippen molar-refractivity contribution >= 4 is 35.0 Å². The van der Waals surface area contributed by atoms with E-state index in [4.69, 9.17) is 4.74 Å². The highest BCUT2D eigenvalue weighted by molar-refractivity contribution is 8.03. The van der Waals surface area contributed by atoms with Gasteiger partial charge in [0.15, 0.2) is 0 Å². The van der Waals surface area contributed by atoms with Crippen LogP contribution in [-0.4, -0.2) is 24.7 Å². The van der Waals surface area contributed by atoms with Gasteiger partial charge in [-0.25, -0.2) is 0 Å². The molecule has 0 radical (unpaired) electrons. The molecule has 0 spiro atoms. The van der Waals surface area contributed by atoms with Crippen molar-refractivity contribution in [1.29, 1.82) is 5.26 Å². The normalized spacial score (nSPS) is 14.9. The van der Waals surface area contributed by atoms with E-state index >= 15 is 0 Å². The molecule has 37 heavy (non-hydrogen) atoms. The van der Waals surface area contributed by atoms with E-state index in [1.807, 2.05) is 72.8 Å². The van der Waals surface area contributed by atoms with Crippen LogP contribution < -0.4 is 20.7 Å². The fourth-order valence-electron chi connectivity index (χ4n) is 4.10. The molecular weight excluding hydrogens is 484 g/mol. The van der Waals surface area contributed by atoms with Gasteiger partial charge >= 0.3 is 0 Å². The van der Waals surface area contributed by atoms with Crippen molar-refractivity contribution in [3.63, 3.8) is 0 Å². The fourth-order valence-corrected chi connectivity index (χ4v) is 4.99. The number of amides is 2. The molecule has 7 nitrogen and oxygen atoms in total. The molecule has 3 aromatic carbocycles. The predicted molar refractivity (Wildman–Crippen MR) is 147 cm³/mol. The van der Waals surface area contributed by atoms with Crippen LogP contribution in [0.25, 0.3) is 0 Å². The zero-order valence-corrected chi connectivity index (χ0v) is 21.3. The first-order chi connectivity index (χ1) is 18.0. The lowest BCUT2D eigenvalue weighted by atomic mass is 9.82. The van der Waals surface area contributed by atoms with Crippen molar-refractivity contribution in [2.45, 2.75) is 12.8 Å². The number of rotatable bonds is 8. The van der Waals surface area contributed by atoms with Gasteiger partial charge in [-0.2, -0.15) is 5.26 Å². The van der Waals surface area contributed by atoms with Gasteiger partial charge in [-0.1, -0.05) is 72.4 Å². The summed E-state index contributed by atoms with van der Waals surface area (Å²) in [6.45, 7) is 1.80. The molecule has 0 saturated carbocycles. The molecule has 1 atom stereocenters. The van der Waals surface area contributed by atoms with Crippen molar-refractivity contribution in [2.75, 3.05) is 23.5 Å². The Morgan fingerprint density at radius 1 is 0.973 bits per heavy atom. The van der Waals surface area contributed by atoms with Crippen molar-refractivity contribution in [3.8, 4) is 11.8 Å². The average Bonchev–Trinajstić information content (AvgIpc) is 2.92. The highest BCUT2D eigenvalue weighted by Gasteiger charge is 2.35. The summed E-state index contributed by atoms with van der Waals surface area (Å²) in [5.41, 5.74) is 3.43. The second kappa shape index (κ2) is 12.0. The monoisotopic (exact) mass is 510 g/mol. The van der Waals surface area contributed by atoms with E-state index in [-0.39, 0.29) is 17.6 Å². The zero-order valence-electron chi connectivity index (χ0n) is 20.4. The van der Waals surface area contributed by atoms with E-state index < -0.39 is 5.92 Å². The molecule has 4 rings (SSSR count). The van der Waals surface area contributed by atoms with Crippen LogP contribution in [0.2, 0.25) is 0 Å². The van der Waals surface area contributed by atoms with Crippen LogP contribution in [0.5, 0.6) is 5.75 Å². The standard InChI is InChI=1S/C29H26N4O3S/c1-19-26(28(35)33-23-15-9-10-16-24(23)36-2)27(20-11-5-3-6-12-20)22(17-30)29(31-19)37-18-25(34)32-21-13-7-4-8-14-21/h3-16,27,31H,18H2,1-2H3,(H,32,34)(H,33,35)/t27-/m1/s1. The number of nitrogens with one attached hydrogen (secondary N) is 3. The molecule has 186 valence electrons. The third-order valence-corrected chi connectivity index (χ3v) is 6.80. The smallest absolute Gasteiger partial charge is 0.254 e. The number of carbonyl (C=O) groups is 2. The number of anilines is 2. The first kappa shape index (κ1) is 25.6. The molecule has 1 aliphatic heterocycles. The van der Waals surface area contributed by atoms with Gasteiger partial charge in [0.25, 0.3) is 5.91 Å². The Labute approximate surface area is 220 Å². The van der Waals surface area contributed by atoms with Crippen molar-refractivity contribution < 1.29 is 14.3 Å². The molecule has 8 heteroatoms. The van der Waals surface area contributed by atoms with E-state index in [2.05, 4.69) is 22.0 Å². The highest BCUT2D eigenvalue weighted by Crippen LogP contribution is 2.41. The maximum absolute atomic E-state index is 13.6. The Balaban J connectivity index is 1.63. The number of benzene rings is 3.